The maximum absolute atomic E-state index is 12.6. The summed E-state index contributed by atoms with van der Waals surface area (Å²) in [6.07, 6.45) is 10.6. The molecule has 0 radical (unpaired) electrons. The van der Waals surface area contributed by atoms with Crippen molar-refractivity contribution in [3.8, 4) is 5.75 Å². The van der Waals surface area contributed by atoms with Crippen LogP contribution in [0.25, 0.3) is 0 Å². The van der Waals surface area contributed by atoms with Gasteiger partial charge in [-0.3, -0.25) is 4.90 Å². The summed E-state index contributed by atoms with van der Waals surface area (Å²) in [5.41, 5.74) is 1.70. The van der Waals surface area contributed by atoms with E-state index < -0.39 is 5.60 Å². The van der Waals surface area contributed by atoms with Crippen LogP contribution < -0.4 is 0 Å². The number of hydrogen-bond donors (Lipinski definition) is 2. The highest BCUT2D eigenvalue weighted by Gasteiger charge is 2.63. The molecule has 4 fully saturated rings. The van der Waals surface area contributed by atoms with Gasteiger partial charge < -0.3 is 20.0 Å². The van der Waals surface area contributed by atoms with Crippen LogP contribution in [-0.4, -0.2) is 88.9 Å². The molecule has 3 unspecified atom stereocenters. The van der Waals surface area contributed by atoms with Gasteiger partial charge >= 0.3 is 0 Å². The number of benzene rings is 1. The van der Waals surface area contributed by atoms with E-state index in [4.69, 9.17) is 0 Å². The van der Waals surface area contributed by atoms with Crippen molar-refractivity contribution in [2.45, 2.75) is 74.8 Å². The van der Waals surface area contributed by atoms with E-state index in [2.05, 4.69) is 20.8 Å². The normalized spacial score (nSPS) is 36.3. The van der Waals surface area contributed by atoms with Crippen molar-refractivity contribution in [1.82, 2.24) is 14.7 Å². The molecule has 5 nitrogen and oxygen atoms in total. The fourth-order valence-corrected chi connectivity index (χ4v) is 7.60. The third-order valence-electron chi connectivity index (χ3n) is 9.70. The van der Waals surface area contributed by atoms with Gasteiger partial charge in [0.05, 0.1) is 5.60 Å². The Bertz CT molecular complexity index is 836. The van der Waals surface area contributed by atoms with Crippen molar-refractivity contribution in [3.05, 3.63) is 29.3 Å². The smallest absolute Gasteiger partial charge is 0.115 e. The highest BCUT2D eigenvalue weighted by atomic mass is 16.3. The lowest BCUT2D eigenvalue weighted by molar-refractivity contribution is -0.149. The quantitative estimate of drug-likeness (QED) is 0.739. The summed E-state index contributed by atoms with van der Waals surface area (Å²) in [7, 11) is 0. The van der Waals surface area contributed by atoms with Gasteiger partial charge in [0.15, 0.2) is 0 Å². The summed E-state index contributed by atoms with van der Waals surface area (Å²) in [4.78, 5) is 7.91. The first-order valence-electron chi connectivity index (χ1n) is 13.3. The lowest BCUT2D eigenvalue weighted by Gasteiger charge is -2.61. The zero-order valence-corrected chi connectivity index (χ0v) is 19.6. The highest BCUT2D eigenvalue weighted by molar-refractivity contribution is 5.48. The van der Waals surface area contributed by atoms with Gasteiger partial charge in [-0.15, -0.1) is 0 Å². The van der Waals surface area contributed by atoms with Gasteiger partial charge in [-0.2, -0.15) is 0 Å². The molecule has 2 aliphatic carbocycles. The number of nitrogens with zero attached hydrogens (tertiary/aromatic N) is 3. The Balaban J connectivity index is 1.28. The number of phenols is 1. The molecule has 3 heterocycles. The van der Waals surface area contributed by atoms with Gasteiger partial charge in [-0.25, -0.2) is 0 Å². The second kappa shape index (κ2) is 8.26. The maximum Gasteiger partial charge on any atom is 0.115 e. The van der Waals surface area contributed by atoms with Gasteiger partial charge in [-0.1, -0.05) is 12.5 Å². The molecule has 3 saturated heterocycles. The molecule has 176 valence electrons. The van der Waals surface area contributed by atoms with Crippen LogP contribution in [0.3, 0.4) is 0 Å². The number of likely N-dealkylation sites (tertiary alicyclic amines) is 3. The molecule has 6 rings (SSSR count). The molecule has 0 amide bonds. The van der Waals surface area contributed by atoms with Crippen LogP contribution in [0.15, 0.2) is 18.2 Å². The Kier molecular flexibility index (Phi) is 5.53. The number of aliphatic hydroxyl groups is 1. The largest absolute Gasteiger partial charge is 0.508 e. The molecule has 1 aromatic carbocycles. The molecule has 3 aliphatic heterocycles. The summed E-state index contributed by atoms with van der Waals surface area (Å²) in [5.74, 6) is 1.20. The first-order chi connectivity index (χ1) is 15.6. The van der Waals surface area contributed by atoms with E-state index in [0.717, 1.165) is 64.3 Å². The first-order valence-corrected chi connectivity index (χ1v) is 13.3. The van der Waals surface area contributed by atoms with Crippen LogP contribution in [0.2, 0.25) is 0 Å². The lowest BCUT2D eigenvalue weighted by Crippen LogP contribution is -2.71. The van der Waals surface area contributed by atoms with Gasteiger partial charge in [0.1, 0.15) is 5.75 Å². The Morgan fingerprint density at radius 2 is 1.59 bits per heavy atom. The summed E-state index contributed by atoms with van der Waals surface area (Å²) in [6, 6.07) is 6.20. The van der Waals surface area contributed by atoms with E-state index in [-0.39, 0.29) is 11.5 Å². The number of fused-ring (bicyclic) bond motifs is 1. The van der Waals surface area contributed by atoms with Crippen LogP contribution in [0.1, 0.15) is 62.5 Å². The molecule has 0 aromatic heterocycles. The fourth-order valence-electron chi connectivity index (χ4n) is 7.60. The van der Waals surface area contributed by atoms with Crippen LogP contribution in [0.5, 0.6) is 5.75 Å². The van der Waals surface area contributed by atoms with Gasteiger partial charge in [0.25, 0.3) is 0 Å². The molecule has 3 atom stereocenters. The predicted octanol–water partition coefficient (Wildman–Crippen LogP) is 2.98. The molecule has 2 bridgehead atoms. The minimum Gasteiger partial charge on any atom is -0.508 e. The first kappa shape index (κ1) is 21.4. The van der Waals surface area contributed by atoms with Crippen molar-refractivity contribution in [2.75, 3.05) is 52.4 Å². The van der Waals surface area contributed by atoms with E-state index in [1.54, 1.807) is 0 Å². The fraction of sp³-hybridized carbons (Fsp3) is 0.778. The van der Waals surface area contributed by atoms with Crippen LogP contribution in [-0.2, 0) is 11.8 Å². The van der Waals surface area contributed by atoms with Crippen LogP contribution >= 0.6 is 0 Å². The standard InChI is InChI=1S/C27H41N3O2/c31-23-7-6-22-18-25-27(32)10-14-29(17-16-28-11-2-1-3-12-28)13-8-26(27,24(22)19-23)9-15-30(25)20-21-4-5-21/h6-7,19,21,25,31-32H,1-5,8-18,20H2. The average molecular weight is 440 g/mol. The Hall–Kier alpha value is -1.14. The molecule has 5 heteroatoms. The second-order valence-corrected chi connectivity index (χ2v) is 11.5. The third kappa shape index (κ3) is 3.60. The lowest BCUT2D eigenvalue weighted by atomic mass is 9.52. The molecule has 2 N–H and O–H groups in total. The zero-order chi connectivity index (χ0) is 21.8. The molecule has 5 aliphatic rings. The summed E-state index contributed by atoms with van der Waals surface area (Å²) in [5, 5.41) is 22.9. The van der Waals surface area contributed by atoms with Crippen molar-refractivity contribution in [3.63, 3.8) is 0 Å². The minimum atomic E-state index is -0.694. The molecule has 32 heavy (non-hydrogen) atoms. The zero-order valence-electron chi connectivity index (χ0n) is 19.6. The monoisotopic (exact) mass is 439 g/mol. The Morgan fingerprint density at radius 1 is 0.875 bits per heavy atom. The molecule has 1 saturated carbocycles. The van der Waals surface area contributed by atoms with Crippen molar-refractivity contribution in [1.29, 1.82) is 0 Å². The van der Waals surface area contributed by atoms with Gasteiger partial charge in [0.2, 0.25) is 0 Å². The van der Waals surface area contributed by atoms with Crippen molar-refractivity contribution < 1.29 is 10.2 Å². The number of hydrogen-bond acceptors (Lipinski definition) is 5. The van der Waals surface area contributed by atoms with Gasteiger partial charge in [-0.05, 0) is 107 Å². The number of phenolic OH excluding ortho intramolecular Hbond substituents is 1. The van der Waals surface area contributed by atoms with E-state index in [0.29, 0.717) is 5.75 Å². The molecule has 0 spiro atoms. The second-order valence-electron chi connectivity index (χ2n) is 11.5. The SMILES string of the molecule is Oc1ccc2c(c1)C13CCN(CCN4CCCCC4)CCC1(O)C(C2)N(CC1CC1)CC3. The minimum absolute atomic E-state index is 0.218. The Labute approximate surface area is 193 Å². The number of piperidine rings is 2. The topological polar surface area (TPSA) is 50.2 Å². The highest BCUT2D eigenvalue weighted by Crippen LogP contribution is 2.56. The van der Waals surface area contributed by atoms with E-state index >= 15 is 0 Å². The summed E-state index contributed by atoms with van der Waals surface area (Å²) < 4.78 is 0. The van der Waals surface area contributed by atoms with Crippen molar-refractivity contribution >= 4 is 0 Å². The summed E-state index contributed by atoms with van der Waals surface area (Å²) in [6.45, 7) is 9.10. The van der Waals surface area contributed by atoms with E-state index in [9.17, 15) is 10.2 Å². The van der Waals surface area contributed by atoms with Gasteiger partial charge in [0, 0.05) is 37.6 Å². The number of rotatable bonds is 5. The molecular weight excluding hydrogens is 398 g/mol. The van der Waals surface area contributed by atoms with E-state index in [1.807, 2.05) is 12.1 Å². The third-order valence-corrected chi connectivity index (χ3v) is 9.70. The molecule has 1 aromatic rings. The average Bonchev–Trinajstić information content (AvgIpc) is 3.63. The van der Waals surface area contributed by atoms with Crippen LogP contribution in [0.4, 0.5) is 0 Å². The predicted molar refractivity (Wildman–Crippen MR) is 127 cm³/mol. The maximum atomic E-state index is 12.6. The van der Waals surface area contributed by atoms with Crippen molar-refractivity contribution in [2.24, 2.45) is 5.92 Å². The van der Waals surface area contributed by atoms with E-state index in [1.165, 1.54) is 62.9 Å². The van der Waals surface area contributed by atoms with Crippen LogP contribution in [0, 0.1) is 5.92 Å². The Morgan fingerprint density at radius 3 is 2.38 bits per heavy atom. The summed E-state index contributed by atoms with van der Waals surface area (Å²) >= 11 is 0. The molecular formula is C27H41N3O2. The number of aromatic hydroxyl groups is 1.